The van der Waals surface area contributed by atoms with E-state index in [2.05, 4.69) is 20.1 Å². The van der Waals surface area contributed by atoms with Gasteiger partial charge in [0.25, 0.3) is 0 Å². The van der Waals surface area contributed by atoms with E-state index in [1.165, 1.54) is 11.0 Å². The first-order valence-corrected chi connectivity index (χ1v) is 7.42. The Kier molecular flexibility index (Phi) is 5.24. The predicted octanol–water partition coefficient (Wildman–Crippen LogP) is -0.379. The van der Waals surface area contributed by atoms with Crippen LogP contribution in [0.1, 0.15) is 26.6 Å². The van der Waals surface area contributed by atoms with Gasteiger partial charge >= 0.3 is 0 Å². The van der Waals surface area contributed by atoms with E-state index in [1.54, 1.807) is 14.0 Å². The molecule has 1 aromatic heterocycles. The molecule has 1 rings (SSSR count). The highest BCUT2D eigenvalue weighted by atomic mass is 32.2. The van der Waals surface area contributed by atoms with Crippen molar-refractivity contribution in [3.05, 3.63) is 12.2 Å². The Morgan fingerprint density at radius 2 is 2.06 bits per heavy atom. The van der Waals surface area contributed by atoms with Gasteiger partial charge in [0.05, 0.1) is 11.8 Å². The van der Waals surface area contributed by atoms with Crippen LogP contribution >= 0.6 is 0 Å². The Hall–Kier alpha value is -0.990. The van der Waals surface area contributed by atoms with Crippen LogP contribution in [0.5, 0.6) is 0 Å². The van der Waals surface area contributed by atoms with E-state index in [0.717, 1.165) is 0 Å². The Bertz CT molecular complexity index is 468. The van der Waals surface area contributed by atoms with Crippen LogP contribution in [0, 0.1) is 0 Å². The fraction of sp³-hybridized carbons (Fsp3) is 0.800. The zero-order valence-corrected chi connectivity index (χ0v) is 12.0. The summed E-state index contributed by atoms with van der Waals surface area (Å²) in [5.41, 5.74) is 0. The van der Waals surface area contributed by atoms with Gasteiger partial charge in [0.2, 0.25) is 10.0 Å². The third kappa shape index (κ3) is 4.71. The summed E-state index contributed by atoms with van der Waals surface area (Å²) in [4.78, 5) is 3.96. The largest absolute Gasteiger partial charge is 0.313 e. The van der Waals surface area contributed by atoms with Crippen LogP contribution in [0.25, 0.3) is 0 Å². The number of hydrogen-bond acceptors (Lipinski definition) is 5. The van der Waals surface area contributed by atoms with Crippen molar-refractivity contribution >= 4 is 10.0 Å². The summed E-state index contributed by atoms with van der Waals surface area (Å²) < 4.78 is 27.9. The van der Waals surface area contributed by atoms with E-state index in [9.17, 15) is 8.42 Å². The molecule has 0 radical (unpaired) electrons. The average molecular weight is 275 g/mol. The van der Waals surface area contributed by atoms with Crippen LogP contribution in [0.15, 0.2) is 6.33 Å². The minimum Gasteiger partial charge on any atom is -0.313 e. The second kappa shape index (κ2) is 6.26. The van der Waals surface area contributed by atoms with Crippen LogP contribution in [0.3, 0.4) is 0 Å². The molecule has 0 saturated carbocycles. The zero-order valence-electron chi connectivity index (χ0n) is 11.2. The first-order chi connectivity index (χ1) is 8.31. The van der Waals surface area contributed by atoms with Gasteiger partial charge in [-0.15, -0.1) is 0 Å². The Morgan fingerprint density at radius 3 is 2.56 bits per heavy atom. The van der Waals surface area contributed by atoms with Crippen molar-refractivity contribution < 1.29 is 8.42 Å². The van der Waals surface area contributed by atoms with Crippen molar-refractivity contribution in [2.75, 3.05) is 6.54 Å². The topological polar surface area (TPSA) is 88.9 Å². The van der Waals surface area contributed by atoms with Crippen molar-refractivity contribution in [3.63, 3.8) is 0 Å². The molecule has 2 N–H and O–H groups in total. The van der Waals surface area contributed by atoms with Crippen LogP contribution in [-0.2, 0) is 23.6 Å². The third-order valence-corrected chi connectivity index (χ3v) is 4.19. The van der Waals surface area contributed by atoms with Gasteiger partial charge in [-0.25, -0.2) is 18.1 Å². The van der Waals surface area contributed by atoms with Crippen LogP contribution in [0.4, 0.5) is 0 Å². The smallest absolute Gasteiger partial charge is 0.215 e. The molecule has 8 heteroatoms. The predicted molar refractivity (Wildman–Crippen MR) is 69.4 cm³/mol. The third-order valence-electron chi connectivity index (χ3n) is 2.42. The molecule has 0 aromatic carbocycles. The monoisotopic (exact) mass is 275 g/mol. The molecule has 18 heavy (non-hydrogen) atoms. The fourth-order valence-corrected chi connectivity index (χ4v) is 2.21. The summed E-state index contributed by atoms with van der Waals surface area (Å²) in [5.74, 6) is 0.463. The highest BCUT2D eigenvalue weighted by Gasteiger charge is 2.20. The molecule has 1 atom stereocenters. The maximum absolute atomic E-state index is 11.9. The van der Waals surface area contributed by atoms with Gasteiger partial charge in [-0.1, -0.05) is 13.8 Å². The second-order valence-electron chi connectivity index (χ2n) is 4.57. The molecule has 0 amide bonds. The molecule has 0 spiro atoms. The normalized spacial score (nSPS) is 14.1. The summed E-state index contributed by atoms with van der Waals surface area (Å²) >= 11 is 0. The number of nitrogens with zero attached hydrogens (tertiary/aromatic N) is 3. The van der Waals surface area contributed by atoms with Crippen molar-refractivity contribution in [2.45, 2.75) is 38.6 Å². The Morgan fingerprint density at radius 1 is 1.39 bits per heavy atom. The fourth-order valence-electron chi connectivity index (χ4n) is 1.28. The van der Waals surface area contributed by atoms with Crippen LogP contribution in [0.2, 0.25) is 0 Å². The Balaban J connectivity index is 2.48. The maximum atomic E-state index is 11.9. The van der Waals surface area contributed by atoms with E-state index in [4.69, 9.17) is 0 Å². The minimum absolute atomic E-state index is 0.120. The first-order valence-electron chi connectivity index (χ1n) is 5.87. The first kappa shape index (κ1) is 15.1. The molecule has 0 fully saturated rings. The van der Waals surface area contributed by atoms with E-state index in [-0.39, 0.29) is 12.6 Å². The van der Waals surface area contributed by atoms with Crippen molar-refractivity contribution in [3.8, 4) is 0 Å². The summed E-state index contributed by atoms with van der Waals surface area (Å²) in [6.07, 6.45) is 1.54. The molecule has 0 saturated heterocycles. The lowest BCUT2D eigenvalue weighted by atomic mass is 10.3. The standard InChI is InChI=1S/C10H21N5O2S/c1-8(2)11-5-9(3)18(16,17)13-6-10-12-7-15(4)14-10/h7-9,11,13H,5-6H2,1-4H3. The lowest BCUT2D eigenvalue weighted by Gasteiger charge is -2.15. The van der Waals surface area contributed by atoms with Crippen molar-refractivity contribution in [2.24, 2.45) is 7.05 Å². The van der Waals surface area contributed by atoms with Gasteiger partial charge in [0, 0.05) is 19.6 Å². The summed E-state index contributed by atoms with van der Waals surface area (Å²) in [6, 6.07) is 0.264. The van der Waals surface area contributed by atoms with E-state index < -0.39 is 15.3 Å². The quantitative estimate of drug-likeness (QED) is 0.708. The SMILES string of the molecule is CC(C)NCC(C)S(=O)(=O)NCc1ncn(C)n1. The summed E-state index contributed by atoms with van der Waals surface area (Å²) in [7, 11) is -1.61. The zero-order chi connectivity index (χ0) is 13.8. The van der Waals surface area contributed by atoms with E-state index in [1.807, 2.05) is 13.8 Å². The molecule has 0 aliphatic carbocycles. The number of nitrogens with one attached hydrogen (secondary N) is 2. The van der Waals surface area contributed by atoms with Crippen molar-refractivity contribution in [1.82, 2.24) is 24.8 Å². The number of sulfonamides is 1. The summed E-state index contributed by atoms with van der Waals surface area (Å²) in [6.45, 7) is 6.16. The highest BCUT2D eigenvalue weighted by molar-refractivity contribution is 7.90. The molecule has 7 nitrogen and oxygen atoms in total. The Labute approximate surface area is 108 Å². The van der Waals surface area contributed by atoms with Gasteiger partial charge in [0.15, 0.2) is 5.82 Å². The van der Waals surface area contributed by atoms with Crippen LogP contribution in [-0.4, -0.2) is 41.0 Å². The highest BCUT2D eigenvalue weighted by Crippen LogP contribution is 1.99. The average Bonchev–Trinajstić information content (AvgIpc) is 2.69. The molecule has 104 valence electrons. The minimum atomic E-state index is -3.35. The lowest BCUT2D eigenvalue weighted by Crippen LogP contribution is -2.40. The van der Waals surface area contributed by atoms with Gasteiger partial charge < -0.3 is 5.32 Å². The lowest BCUT2D eigenvalue weighted by molar-refractivity contribution is 0.539. The molecule has 0 bridgehead atoms. The number of hydrogen-bond donors (Lipinski definition) is 2. The molecule has 1 unspecified atom stereocenters. The van der Waals surface area contributed by atoms with E-state index >= 15 is 0 Å². The number of aromatic nitrogens is 3. The van der Waals surface area contributed by atoms with Crippen molar-refractivity contribution in [1.29, 1.82) is 0 Å². The molecule has 0 aliphatic heterocycles. The number of rotatable bonds is 7. The molecule has 1 aromatic rings. The van der Waals surface area contributed by atoms with Gasteiger partial charge in [0.1, 0.15) is 6.33 Å². The van der Waals surface area contributed by atoms with Gasteiger partial charge in [-0.2, -0.15) is 5.10 Å². The van der Waals surface area contributed by atoms with E-state index in [0.29, 0.717) is 12.4 Å². The summed E-state index contributed by atoms with van der Waals surface area (Å²) in [5, 5.41) is 6.61. The van der Waals surface area contributed by atoms with Gasteiger partial charge in [-0.05, 0) is 6.92 Å². The number of aryl methyl sites for hydroxylation is 1. The van der Waals surface area contributed by atoms with Gasteiger partial charge in [-0.3, -0.25) is 4.68 Å². The maximum Gasteiger partial charge on any atom is 0.215 e. The molecule has 1 heterocycles. The second-order valence-corrected chi connectivity index (χ2v) is 6.76. The van der Waals surface area contributed by atoms with Crippen LogP contribution < -0.4 is 10.0 Å². The molecular weight excluding hydrogens is 254 g/mol. The molecular formula is C10H21N5O2S. The molecule has 0 aliphatic rings.